The van der Waals surface area contributed by atoms with E-state index in [1.807, 2.05) is 59.2 Å². The maximum atomic E-state index is 11.2. The molecule has 1 heterocycles. The lowest BCUT2D eigenvalue weighted by molar-refractivity contribution is -0.144. The molecule has 4 nitrogen and oxygen atoms in total. The number of esters is 1. The van der Waals surface area contributed by atoms with Crippen molar-refractivity contribution in [2.24, 2.45) is 0 Å². The third kappa shape index (κ3) is 3.26. The minimum absolute atomic E-state index is 0.142. The van der Waals surface area contributed by atoms with Crippen LogP contribution in [0, 0.1) is 0 Å². The minimum Gasteiger partial charge on any atom is -0.508 e. The number of hydrogen-bond acceptors (Lipinski definition) is 3. The van der Waals surface area contributed by atoms with Crippen molar-refractivity contribution < 1.29 is 14.6 Å². The summed E-state index contributed by atoms with van der Waals surface area (Å²) >= 11 is 0. The van der Waals surface area contributed by atoms with E-state index in [4.69, 9.17) is 4.74 Å². The summed E-state index contributed by atoms with van der Waals surface area (Å²) in [6, 6.07) is 20.9. The third-order valence-corrected chi connectivity index (χ3v) is 3.61. The topological polar surface area (TPSA) is 51.5 Å². The van der Waals surface area contributed by atoms with Crippen LogP contribution in [0.25, 0.3) is 22.5 Å². The van der Waals surface area contributed by atoms with Crippen molar-refractivity contribution in [3.63, 3.8) is 0 Å². The Labute approximate surface area is 134 Å². The number of hydrogen-bond donors (Lipinski definition) is 1. The molecule has 2 aromatic carbocycles. The van der Waals surface area contributed by atoms with Crippen LogP contribution in [-0.4, -0.2) is 15.6 Å². The molecule has 0 spiro atoms. The summed E-state index contributed by atoms with van der Waals surface area (Å²) < 4.78 is 7.16. The summed E-state index contributed by atoms with van der Waals surface area (Å²) in [6.45, 7) is 1.54. The Morgan fingerprint density at radius 1 is 0.913 bits per heavy atom. The number of carbonyl (C=O) groups is 1. The fourth-order valence-electron chi connectivity index (χ4n) is 2.51. The van der Waals surface area contributed by atoms with E-state index in [9.17, 15) is 9.90 Å². The van der Waals surface area contributed by atoms with Crippen molar-refractivity contribution in [3.05, 3.63) is 66.7 Å². The lowest BCUT2D eigenvalue weighted by Gasteiger charge is -2.14. The van der Waals surface area contributed by atoms with E-state index < -0.39 is 0 Å². The number of ether oxygens (including phenoxy) is 1. The normalized spacial score (nSPS) is 10.5. The van der Waals surface area contributed by atoms with Crippen LogP contribution in [-0.2, 0) is 16.3 Å². The Balaban J connectivity index is 2.07. The summed E-state index contributed by atoms with van der Waals surface area (Å²) in [5.74, 6) is -0.107. The number of phenols is 1. The molecule has 1 N–H and O–H groups in total. The highest BCUT2D eigenvalue weighted by molar-refractivity contribution is 5.70. The largest absolute Gasteiger partial charge is 0.508 e. The molecular weight excluding hydrogens is 290 g/mol. The molecule has 0 unspecified atom stereocenters. The predicted molar refractivity (Wildman–Crippen MR) is 88.7 cm³/mol. The monoisotopic (exact) mass is 307 g/mol. The highest BCUT2D eigenvalue weighted by atomic mass is 16.5. The second kappa shape index (κ2) is 6.40. The number of phenolic OH excluding ortho intramolecular Hbond substituents is 1. The Morgan fingerprint density at radius 3 is 2.04 bits per heavy atom. The van der Waals surface area contributed by atoms with E-state index >= 15 is 0 Å². The standard InChI is InChI=1S/C19H17NO3/c1-14(21)23-13-20-18(15-5-3-2-4-6-15)11-12-19(20)16-7-9-17(22)10-8-16/h2-12,22H,13H2,1H3. The Hall–Kier alpha value is -3.01. The number of nitrogens with zero attached hydrogens (tertiary/aromatic N) is 1. The predicted octanol–water partition coefficient (Wildman–Crippen LogP) is 4.05. The molecule has 3 aromatic rings. The van der Waals surface area contributed by atoms with Crippen LogP contribution in [0.1, 0.15) is 6.92 Å². The van der Waals surface area contributed by atoms with Gasteiger partial charge in [-0.05, 0) is 47.5 Å². The van der Waals surface area contributed by atoms with Crippen molar-refractivity contribution >= 4 is 5.97 Å². The molecule has 0 amide bonds. The van der Waals surface area contributed by atoms with Crippen LogP contribution in [0.4, 0.5) is 0 Å². The molecule has 0 aliphatic heterocycles. The fourth-order valence-corrected chi connectivity index (χ4v) is 2.51. The van der Waals surface area contributed by atoms with Crippen LogP contribution in [0.3, 0.4) is 0 Å². The fraction of sp³-hybridized carbons (Fsp3) is 0.105. The number of benzene rings is 2. The number of carbonyl (C=O) groups excluding carboxylic acids is 1. The number of aromatic nitrogens is 1. The minimum atomic E-state index is -0.325. The maximum absolute atomic E-state index is 11.2. The van der Waals surface area contributed by atoms with Gasteiger partial charge in [0.15, 0.2) is 6.73 Å². The molecule has 0 aliphatic carbocycles. The molecule has 0 saturated carbocycles. The van der Waals surface area contributed by atoms with Crippen LogP contribution in [0.5, 0.6) is 5.75 Å². The molecule has 0 radical (unpaired) electrons. The van der Waals surface area contributed by atoms with E-state index in [0.717, 1.165) is 22.5 Å². The van der Waals surface area contributed by atoms with Gasteiger partial charge in [-0.25, -0.2) is 0 Å². The van der Waals surface area contributed by atoms with E-state index in [2.05, 4.69) is 0 Å². The van der Waals surface area contributed by atoms with Gasteiger partial charge in [0.05, 0.1) is 11.4 Å². The first-order valence-electron chi connectivity index (χ1n) is 7.33. The van der Waals surface area contributed by atoms with E-state index in [1.54, 1.807) is 12.1 Å². The molecule has 0 fully saturated rings. The highest BCUT2D eigenvalue weighted by Crippen LogP contribution is 2.30. The van der Waals surface area contributed by atoms with Gasteiger partial charge in [-0.3, -0.25) is 4.79 Å². The van der Waals surface area contributed by atoms with Crippen molar-refractivity contribution in [1.82, 2.24) is 4.57 Å². The SMILES string of the molecule is CC(=O)OCn1c(-c2ccccc2)ccc1-c1ccc(O)cc1. The molecule has 0 saturated heterocycles. The van der Waals surface area contributed by atoms with Gasteiger partial charge in [0.25, 0.3) is 0 Å². The molecule has 0 bridgehead atoms. The average molecular weight is 307 g/mol. The molecular formula is C19H17NO3. The summed E-state index contributed by atoms with van der Waals surface area (Å²) in [4.78, 5) is 11.2. The Morgan fingerprint density at radius 2 is 1.48 bits per heavy atom. The second-order valence-corrected chi connectivity index (χ2v) is 5.21. The average Bonchev–Trinajstić information content (AvgIpc) is 2.98. The van der Waals surface area contributed by atoms with Crippen LogP contribution < -0.4 is 0 Å². The van der Waals surface area contributed by atoms with Gasteiger partial charge in [0.2, 0.25) is 0 Å². The lowest BCUT2D eigenvalue weighted by Crippen LogP contribution is -2.08. The van der Waals surface area contributed by atoms with Gasteiger partial charge in [0, 0.05) is 6.92 Å². The van der Waals surface area contributed by atoms with Crippen molar-refractivity contribution in [1.29, 1.82) is 0 Å². The smallest absolute Gasteiger partial charge is 0.304 e. The number of rotatable bonds is 4. The van der Waals surface area contributed by atoms with E-state index in [1.165, 1.54) is 6.92 Å². The Bertz CT molecular complexity index is 804. The third-order valence-electron chi connectivity index (χ3n) is 3.61. The molecule has 0 atom stereocenters. The molecule has 3 rings (SSSR count). The molecule has 4 heteroatoms. The zero-order valence-electron chi connectivity index (χ0n) is 12.8. The van der Waals surface area contributed by atoms with Gasteiger partial charge < -0.3 is 14.4 Å². The van der Waals surface area contributed by atoms with Crippen molar-refractivity contribution in [3.8, 4) is 28.3 Å². The van der Waals surface area contributed by atoms with Crippen molar-refractivity contribution in [2.45, 2.75) is 13.7 Å². The van der Waals surface area contributed by atoms with Crippen LogP contribution in [0.15, 0.2) is 66.7 Å². The summed E-state index contributed by atoms with van der Waals surface area (Å²) in [6.07, 6.45) is 0. The first-order valence-corrected chi connectivity index (χ1v) is 7.33. The molecule has 0 aliphatic rings. The van der Waals surface area contributed by atoms with Gasteiger partial charge in [-0.1, -0.05) is 30.3 Å². The summed E-state index contributed by atoms with van der Waals surface area (Å²) in [7, 11) is 0. The molecule has 1 aromatic heterocycles. The first-order chi connectivity index (χ1) is 11.1. The van der Waals surface area contributed by atoms with Crippen LogP contribution >= 0.6 is 0 Å². The zero-order chi connectivity index (χ0) is 16.2. The van der Waals surface area contributed by atoms with Crippen molar-refractivity contribution in [2.75, 3.05) is 0 Å². The second-order valence-electron chi connectivity index (χ2n) is 5.21. The van der Waals surface area contributed by atoms with Gasteiger partial charge in [0.1, 0.15) is 5.75 Å². The lowest BCUT2D eigenvalue weighted by atomic mass is 10.1. The number of aromatic hydroxyl groups is 1. The first kappa shape index (κ1) is 14.9. The molecule has 116 valence electrons. The highest BCUT2D eigenvalue weighted by Gasteiger charge is 2.12. The molecule has 23 heavy (non-hydrogen) atoms. The van der Waals surface area contributed by atoms with E-state index in [-0.39, 0.29) is 18.4 Å². The zero-order valence-corrected chi connectivity index (χ0v) is 12.8. The van der Waals surface area contributed by atoms with Crippen LogP contribution in [0.2, 0.25) is 0 Å². The van der Waals surface area contributed by atoms with E-state index in [0.29, 0.717) is 0 Å². The quantitative estimate of drug-likeness (QED) is 0.740. The summed E-state index contributed by atoms with van der Waals surface area (Å²) in [5.41, 5.74) is 3.88. The summed E-state index contributed by atoms with van der Waals surface area (Å²) in [5, 5.41) is 9.46. The van der Waals surface area contributed by atoms with Gasteiger partial charge in [-0.2, -0.15) is 0 Å². The van der Waals surface area contributed by atoms with Gasteiger partial charge in [-0.15, -0.1) is 0 Å². The Kier molecular flexibility index (Phi) is 4.15. The maximum Gasteiger partial charge on any atom is 0.304 e. The van der Waals surface area contributed by atoms with Gasteiger partial charge >= 0.3 is 5.97 Å².